The Morgan fingerprint density at radius 3 is 2.71 bits per heavy atom. The van der Waals surface area contributed by atoms with Crippen molar-refractivity contribution in [1.29, 1.82) is 0 Å². The number of hydrogen-bond acceptors (Lipinski definition) is 4. The summed E-state index contributed by atoms with van der Waals surface area (Å²) in [6.07, 6.45) is 0.168. The number of aliphatic hydroxyl groups excluding tert-OH is 1. The molecular weight excluding hydrogens is 184 g/mol. The number of nitrogens with zero attached hydrogens (tertiary/aromatic N) is 1. The minimum absolute atomic E-state index is 0.102. The Labute approximate surface area is 83.0 Å². The van der Waals surface area contributed by atoms with Crippen molar-refractivity contribution in [2.75, 3.05) is 32.8 Å². The number of nitrogens with one attached hydrogen (secondary N) is 1. The van der Waals surface area contributed by atoms with Crippen LogP contribution in [-0.2, 0) is 9.53 Å². The molecule has 0 spiro atoms. The molecule has 2 heterocycles. The van der Waals surface area contributed by atoms with E-state index in [4.69, 9.17) is 4.74 Å². The highest BCUT2D eigenvalue weighted by Crippen LogP contribution is 2.10. The Morgan fingerprint density at radius 1 is 1.43 bits per heavy atom. The maximum absolute atomic E-state index is 11.8. The van der Waals surface area contributed by atoms with Gasteiger partial charge in [-0.1, -0.05) is 0 Å². The molecule has 1 amide bonds. The zero-order chi connectivity index (χ0) is 9.97. The first kappa shape index (κ1) is 9.89. The largest absolute Gasteiger partial charge is 0.392 e. The van der Waals surface area contributed by atoms with Crippen molar-refractivity contribution < 1.29 is 14.6 Å². The fraction of sp³-hybridized carbons (Fsp3) is 0.889. The Hall–Kier alpha value is -0.650. The van der Waals surface area contributed by atoms with Gasteiger partial charge in [0.25, 0.3) is 0 Å². The summed E-state index contributed by atoms with van der Waals surface area (Å²) in [7, 11) is 0. The lowest BCUT2D eigenvalue weighted by molar-refractivity contribution is -0.137. The van der Waals surface area contributed by atoms with Crippen molar-refractivity contribution in [1.82, 2.24) is 10.2 Å². The van der Waals surface area contributed by atoms with Crippen molar-refractivity contribution in [2.24, 2.45) is 0 Å². The summed E-state index contributed by atoms with van der Waals surface area (Å²) in [6.45, 7) is 3.13. The van der Waals surface area contributed by atoms with E-state index < -0.39 is 0 Å². The van der Waals surface area contributed by atoms with Crippen LogP contribution >= 0.6 is 0 Å². The quantitative estimate of drug-likeness (QED) is 0.544. The second-order valence-corrected chi connectivity index (χ2v) is 3.79. The van der Waals surface area contributed by atoms with Crippen LogP contribution in [0, 0.1) is 0 Å². The number of carbonyl (C=O) groups excluding carboxylic acids is 1. The molecule has 0 aliphatic carbocycles. The van der Waals surface area contributed by atoms with E-state index in [0.717, 1.165) is 0 Å². The normalized spacial score (nSPS) is 33.4. The van der Waals surface area contributed by atoms with Crippen molar-refractivity contribution in [3.63, 3.8) is 0 Å². The summed E-state index contributed by atoms with van der Waals surface area (Å²) in [5.74, 6) is 0.102. The van der Waals surface area contributed by atoms with E-state index in [0.29, 0.717) is 39.3 Å². The second kappa shape index (κ2) is 4.25. The van der Waals surface area contributed by atoms with E-state index in [9.17, 15) is 9.90 Å². The summed E-state index contributed by atoms with van der Waals surface area (Å²) in [5.41, 5.74) is 0. The first-order valence-corrected chi connectivity index (χ1v) is 5.05. The van der Waals surface area contributed by atoms with Crippen LogP contribution in [0.4, 0.5) is 0 Å². The van der Waals surface area contributed by atoms with Crippen LogP contribution in [0.2, 0.25) is 0 Å². The lowest BCUT2D eigenvalue weighted by atomic mass is 10.2. The van der Waals surface area contributed by atoms with Gasteiger partial charge in [-0.25, -0.2) is 0 Å². The van der Waals surface area contributed by atoms with Crippen molar-refractivity contribution >= 4 is 5.91 Å². The zero-order valence-corrected chi connectivity index (χ0v) is 8.11. The third kappa shape index (κ3) is 2.05. The van der Waals surface area contributed by atoms with Crippen LogP contribution in [0.25, 0.3) is 0 Å². The molecule has 2 N–H and O–H groups in total. The predicted molar refractivity (Wildman–Crippen MR) is 49.8 cm³/mol. The number of morpholine rings is 1. The maximum Gasteiger partial charge on any atom is 0.239 e. The molecule has 2 aliphatic heterocycles. The maximum atomic E-state index is 11.8. The van der Waals surface area contributed by atoms with Gasteiger partial charge in [-0.05, 0) is 6.42 Å². The summed E-state index contributed by atoms with van der Waals surface area (Å²) >= 11 is 0. The van der Waals surface area contributed by atoms with Gasteiger partial charge in [0.15, 0.2) is 0 Å². The fourth-order valence-electron chi connectivity index (χ4n) is 1.91. The first-order valence-electron chi connectivity index (χ1n) is 5.05. The molecule has 0 saturated carbocycles. The fourth-order valence-corrected chi connectivity index (χ4v) is 1.91. The van der Waals surface area contributed by atoms with Gasteiger partial charge < -0.3 is 20.1 Å². The van der Waals surface area contributed by atoms with Crippen molar-refractivity contribution in [2.45, 2.75) is 18.6 Å². The Bertz CT molecular complexity index is 209. The van der Waals surface area contributed by atoms with Gasteiger partial charge >= 0.3 is 0 Å². The molecule has 5 heteroatoms. The Balaban J connectivity index is 1.87. The molecule has 0 aromatic carbocycles. The molecule has 2 aliphatic rings. The molecule has 2 atom stereocenters. The number of hydrogen-bond donors (Lipinski definition) is 2. The molecular formula is C9H16N2O3. The third-order valence-electron chi connectivity index (χ3n) is 2.73. The molecule has 2 unspecified atom stereocenters. The van der Waals surface area contributed by atoms with Gasteiger partial charge in [0.1, 0.15) is 0 Å². The van der Waals surface area contributed by atoms with Gasteiger partial charge in [0.2, 0.25) is 5.91 Å². The highest BCUT2D eigenvalue weighted by Gasteiger charge is 2.31. The Morgan fingerprint density at radius 2 is 2.14 bits per heavy atom. The number of aliphatic hydroxyl groups is 1. The molecule has 5 nitrogen and oxygen atoms in total. The zero-order valence-electron chi connectivity index (χ0n) is 8.11. The van der Waals surface area contributed by atoms with Crippen LogP contribution in [0.1, 0.15) is 6.42 Å². The average molecular weight is 200 g/mol. The molecule has 0 aromatic rings. The number of ether oxygens (including phenoxy) is 1. The van der Waals surface area contributed by atoms with Crippen molar-refractivity contribution in [3.8, 4) is 0 Å². The van der Waals surface area contributed by atoms with Crippen LogP contribution in [0.3, 0.4) is 0 Å². The molecule has 2 rings (SSSR count). The molecule has 0 aromatic heterocycles. The highest BCUT2D eigenvalue weighted by molar-refractivity contribution is 5.82. The summed E-state index contributed by atoms with van der Waals surface area (Å²) in [5, 5.41) is 12.3. The summed E-state index contributed by atoms with van der Waals surface area (Å²) < 4.78 is 5.17. The standard InChI is InChI=1S/C9H16N2O3/c12-7-5-8(10-6-7)9(13)11-1-3-14-4-2-11/h7-8,10,12H,1-6H2. The van der Waals surface area contributed by atoms with Crippen LogP contribution in [0.15, 0.2) is 0 Å². The first-order chi connectivity index (χ1) is 6.77. The van der Waals surface area contributed by atoms with Gasteiger partial charge in [-0.15, -0.1) is 0 Å². The molecule has 14 heavy (non-hydrogen) atoms. The molecule has 80 valence electrons. The van der Waals surface area contributed by atoms with E-state index in [1.165, 1.54) is 0 Å². The van der Waals surface area contributed by atoms with E-state index in [-0.39, 0.29) is 18.1 Å². The highest BCUT2D eigenvalue weighted by atomic mass is 16.5. The molecule has 0 radical (unpaired) electrons. The third-order valence-corrected chi connectivity index (χ3v) is 2.73. The van der Waals surface area contributed by atoms with Crippen LogP contribution in [-0.4, -0.2) is 60.9 Å². The van der Waals surface area contributed by atoms with E-state index in [2.05, 4.69) is 5.32 Å². The summed E-state index contributed by atoms with van der Waals surface area (Å²) in [4.78, 5) is 13.6. The van der Waals surface area contributed by atoms with Crippen LogP contribution < -0.4 is 5.32 Å². The lowest BCUT2D eigenvalue weighted by Gasteiger charge is -2.29. The van der Waals surface area contributed by atoms with Gasteiger partial charge in [0.05, 0.1) is 25.4 Å². The predicted octanol–water partition coefficient (Wildman–Crippen LogP) is -1.43. The molecule has 0 bridgehead atoms. The molecule has 2 saturated heterocycles. The minimum atomic E-state index is -0.370. The minimum Gasteiger partial charge on any atom is -0.392 e. The number of amides is 1. The van der Waals surface area contributed by atoms with E-state index >= 15 is 0 Å². The Kier molecular flexibility index (Phi) is 3.00. The number of β-amino-alcohol motifs (C(OH)–C–C–N with tert-alkyl or cyclic N) is 1. The van der Waals surface area contributed by atoms with Gasteiger partial charge in [-0.3, -0.25) is 4.79 Å². The van der Waals surface area contributed by atoms with Crippen molar-refractivity contribution in [3.05, 3.63) is 0 Å². The lowest BCUT2D eigenvalue weighted by Crippen LogP contribution is -2.48. The van der Waals surface area contributed by atoms with Gasteiger partial charge in [0, 0.05) is 19.6 Å². The summed E-state index contributed by atoms with van der Waals surface area (Å²) in [6, 6.07) is -0.192. The van der Waals surface area contributed by atoms with Crippen LogP contribution in [0.5, 0.6) is 0 Å². The second-order valence-electron chi connectivity index (χ2n) is 3.79. The topological polar surface area (TPSA) is 61.8 Å². The van der Waals surface area contributed by atoms with E-state index in [1.54, 1.807) is 4.90 Å². The number of carbonyl (C=O) groups is 1. The van der Waals surface area contributed by atoms with E-state index in [1.807, 2.05) is 0 Å². The number of rotatable bonds is 1. The average Bonchev–Trinajstić information content (AvgIpc) is 2.65. The SMILES string of the molecule is O=C(C1CC(O)CN1)N1CCOCC1. The smallest absolute Gasteiger partial charge is 0.239 e. The molecule has 2 fully saturated rings. The van der Waals surface area contributed by atoms with Gasteiger partial charge in [-0.2, -0.15) is 0 Å². The monoisotopic (exact) mass is 200 g/mol.